The Balaban J connectivity index is 2.20. The van der Waals surface area contributed by atoms with Crippen molar-refractivity contribution < 1.29 is 9.18 Å². The summed E-state index contributed by atoms with van der Waals surface area (Å²) in [6.45, 7) is 3.09. The van der Waals surface area contributed by atoms with Crippen molar-refractivity contribution in [2.75, 3.05) is 45.6 Å². The lowest BCUT2D eigenvalue weighted by molar-refractivity contribution is 0.0664. The SMILES string of the molecule is CNc1ccc(F)cc1C(=O)N1CCN(C)CC1. The molecule has 1 heterocycles. The Hall–Kier alpha value is -1.62. The lowest BCUT2D eigenvalue weighted by atomic mass is 10.1. The lowest BCUT2D eigenvalue weighted by Gasteiger charge is -2.32. The molecule has 18 heavy (non-hydrogen) atoms. The van der Waals surface area contributed by atoms with Gasteiger partial charge < -0.3 is 15.1 Å². The Morgan fingerprint density at radius 2 is 1.94 bits per heavy atom. The van der Waals surface area contributed by atoms with Crippen LogP contribution in [0.15, 0.2) is 18.2 Å². The predicted octanol–water partition coefficient (Wildman–Crippen LogP) is 1.25. The van der Waals surface area contributed by atoms with Crippen LogP contribution in [0.2, 0.25) is 0 Å². The van der Waals surface area contributed by atoms with Gasteiger partial charge in [0, 0.05) is 38.9 Å². The minimum absolute atomic E-state index is 0.105. The van der Waals surface area contributed by atoms with E-state index < -0.39 is 0 Å². The Labute approximate surface area is 106 Å². The van der Waals surface area contributed by atoms with Crippen LogP contribution in [0.4, 0.5) is 10.1 Å². The van der Waals surface area contributed by atoms with Crippen molar-refractivity contribution in [2.45, 2.75) is 0 Å². The summed E-state index contributed by atoms with van der Waals surface area (Å²) in [6.07, 6.45) is 0. The standard InChI is InChI=1S/C13H18FN3O/c1-15-12-4-3-10(14)9-11(12)13(18)17-7-5-16(2)6-8-17/h3-4,9,15H,5-8H2,1-2H3. The highest BCUT2D eigenvalue weighted by atomic mass is 19.1. The maximum Gasteiger partial charge on any atom is 0.256 e. The summed E-state index contributed by atoms with van der Waals surface area (Å²) in [4.78, 5) is 16.3. The van der Waals surface area contributed by atoms with Crippen LogP contribution in [0.25, 0.3) is 0 Å². The molecule has 1 saturated heterocycles. The largest absolute Gasteiger partial charge is 0.387 e. The fourth-order valence-corrected chi connectivity index (χ4v) is 2.09. The molecule has 1 aromatic rings. The van der Waals surface area contributed by atoms with E-state index in [-0.39, 0.29) is 11.7 Å². The number of rotatable bonds is 2. The molecule has 4 nitrogen and oxygen atoms in total. The number of hydrogen-bond acceptors (Lipinski definition) is 3. The molecule has 0 radical (unpaired) electrons. The van der Waals surface area contributed by atoms with Gasteiger partial charge >= 0.3 is 0 Å². The zero-order valence-corrected chi connectivity index (χ0v) is 10.7. The van der Waals surface area contributed by atoms with E-state index in [2.05, 4.69) is 10.2 Å². The molecule has 1 aliphatic heterocycles. The zero-order chi connectivity index (χ0) is 13.1. The molecule has 0 unspecified atom stereocenters. The molecule has 1 aliphatic rings. The maximum atomic E-state index is 13.3. The highest BCUT2D eigenvalue weighted by molar-refractivity contribution is 5.99. The summed E-state index contributed by atoms with van der Waals surface area (Å²) in [6, 6.07) is 4.25. The normalized spacial score (nSPS) is 16.7. The number of anilines is 1. The molecule has 5 heteroatoms. The molecule has 98 valence electrons. The minimum atomic E-state index is -0.383. The van der Waals surface area contributed by atoms with Crippen molar-refractivity contribution >= 4 is 11.6 Å². The molecule has 2 rings (SSSR count). The number of nitrogens with one attached hydrogen (secondary N) is 1. The first kappa shape index (κ1) is 12.8. The van der Waals surface area contributed by atoms with Crippen LogP contribution in [0.3, 0.4) is 0 Å². The van der Waals surface area contributed by atoms with Crippen LogP contribution in [-0.4, -0.2) is 56.0 Å². The van der Waals surface area contributed by atoms with Gasteiger partial charge in [0.1, 0.15) is 5.82 Å². The van der Waals surface area contributed by atoms with Crippen LogP contribution in [0, 0.1) is 5.82 Å². The van der Waals surface area contributed by atoms with E-state index in [9.17, 15) is 9.18 Å². The van der Waals surface area contributed by atoms with Crippen LogP contribution in [0.5, 0.6) is 0 Å². The lowest BCUT2D eigenvalue weighted by Crippen LogP contribution is -2.47. The molecule has 0 spiro atoms. The molecular weight excluding hydrogens is 233 g/mol. The van der Waals surface area contributed by atoms with Gasteiger partial charge in [0.15, 0.2) is 0 Å². The smallest absolute Gasteiger partial charge is 0.256 e. The van der Waals surface area contributed by atoms with E-state index in [1.165, 1.54) is 12.1 Å². The Kier molecular flexibility index (Phi) is 3.81. The molecular formula is C13H18FN3O. The van der Waals surface area contributed by atoms with Gasteiger partial charge in [-0.2, -0.15) is 0 Å². The number of carbonyl (C=O) groups excluding carboxylic acids is 1. The monoisotopic (exact) mass is 251 g/mol. The summed E-state index contributed by atoms with van der Waals surface area (Å²) in [5.74, 6) is -0.488. The van der Waals surface area contributed by atoms with E-state index in [0.29, 0.717) is 24.3 Å². The molecule has 1 N–H and O–H groups in total. The number of nitrogens with zero attached hydrogens (tertiary/aromatic N) is 2. The summed E-state index contributed by atoms with van der Waals surface area (Å²) in [7, 11) is 3.76. The van der Waals surface area contributed by atoms with Crippen molar-refractivity contribution in [3.05, 3.63) is 29.6 Å². The zero-order valence-electron chi connectivity index (χ0n) is 10.7. The summed E-state index contributed by atoms with van der Waals surface area (Å²) in [5.41, 5.74) is 1.07. The Bertz CT molecular complexity index is 442. The highest BCUT2D eigenvalue weighted by Crippen LogP contribution is 2.19. The van der Waals surface area contributed by atoms with E-state index in [1.807, 2.05) is 7.05 Å². The van der Waals surface area contributed by atoms with Crippen LogP contribution >= 0.6 is 0 Å². The average Bonchev–Trinajstić information content (AvgIpc) is 2.39. The van der Waals surface area contributed by atoms with E-state index in [4.69, 9.17) is 0 Å². The van der Waals surface area contributed by atoms with Gasteiger partial charge in [0.25, 0.3) is 5.91 Å². The first-order valence-electron chi connectivity index (χ1n) is 6.07. The number of halogens is 1. The fraction of sp³-hybridized carbons (Fsp3) is 0.462. The summed E-state index contributed by atoms with van der Waals surface area (Å²) >= 11 is 0. The first-order chi connectivity index (χ1) is 8.61. The van der Waals surface area contributed by atoms with Gasteiger partial charge in [-0.25, -0.2) is 4.39 Å². The third-order valence-corrected chi connectivity index (χ3v) is 3.27. The van der Waals surface area contributed by atoms with Crippen molar-refractivity contribution in [3.63, 3.8) is 0 Å². The quantitative estimate of drug-likeness (QED) is 0.859. The fourth-order valence-electron chi connectivity index (χ4n) is 2.09. The number of hydrogen-bond donors (Lipinski definition) is 1. The molecule has 1 amide bonds. The van der Waals surface area contributed by atoms with Gasteiger partial charge in [-0.15, -0.1) is 0 Å². The topological polar surface area (TPSA) is 35.6 Å². The Morgan fingerprint density at radius 3 is 2.56 bits per heavy atom. The molecule has 0 aromatic heterocycles. The van der Waals surface area contributed by atoms with Crippen LogP contribution < -0.4 is 5.32 Å². The number of carbonyl (C=O) groups is 1. The maximum absolute atomic E-state index is 13.3. The third kappa shape index (κ3) is 2.61. The van der Waals surface area contributed by atoms with E-state index in [0.717, 1.165) is 13.1 Å². The second-order valence-corrected chi connectivity index (χ2v) is 4.54. The van der Waals surface area contributed by atoms with Crippen molar-refractivity contribution in [2.24, 2.45) is 0 Å². The predicted molar refractivity (Wildman–Crippen MR) is 69.3 cm³/mol. The second kappa shape index (κ2) is 5.35. The number of likely N-dealkylation sites (N-methyl/N-ethyl adjacent to an activating group) is 1. The van der Waals surface area contributed by atoms with Crippen LogP contribution in [-0.2, 0) is 0 Å². The van der Waals surface area contributed by atoms with Crippen molar-refractivity contribution in [3.8, 4) is 0 Å². The van der Waals surface area contributed by atoms with Gasteiger partial charge in [-0.05, 0) is 25.2 Å². The molecule has 0 saturated carbocycles. The second-order valence-electron chi connectivity index (χ2n) is 4.54. The van der Waals surface area contributed by atoms with E-state index >= 15 is 0 Å². The first-order valence-corrected chi connectivity index (χ1v) is 6.07. The number of benzene rings is 1. The number of amides is 1. The van der Waals surface area contributed by atoms with Gasteiger partial charge in [-0.1, -0.05) is 0 Å². The van der Waals surface area contributed by atoms with E-state index in [1.54, 1.807) is 18.0 Å². The van der Waals surface area contributed by atoms with Gasteiger partial charge in [0.2, 0.25) is 0 Å². The molecule has 1 fully saturated rings. The molecule has 0 bridgehead atoms. The molecule has 0 atom stereocenters. The van der Waals surface area contributed by atoms with Crippen molar-refractivity contribution in [1.82, 2.24) is 9.80 Å². The average molecular weight is 251 g/mol. The van der Waals surface area contributed by atoms with Gasteiger partial charge in [-0.3, -0.25) is 4.79 Å². The highest BCUT2D eigenvalue weighted by Gasteiger charge is 2.22. The van der Waals surface area contributed by atoms with Gasteiger partial charge in [0.05, 0.1) is 5.56 Å². The molecule has 1 aromatic carbocycles. The van der Waals surface area contributed by atoms with Crippen LogP contribution in [0.1, 0.15) is 10.4 Å². The summed E-state index contributed by atoms with van der Waals surface area (Å²) in [5, 5.41) is 2.93. The van der Waals surface area contributed by atoms with Crippen molar-refractivity contribution in [1.29, 1.82) is 0 Å². The Morgan fingerprint density at radius 1 is 1.28 bits per heavy atom. The molecule has 0 aliphatic carbocycles. The third-order valence-electron chi connectivity index (χ3n) is 3.27. The minimum Gasteiger partial charge on any atom is -0.387 e. The summed E-state index contributed by atoms with van der Waals surface area (Å²) < 4.78 is 13.3. The number of piperazine rings is 1.